The van der Waals surface area contributed by atoms with Gasteiger partial charge in [0, 0.05) is 11.8 Å². The lowest BCUT2D eigenvalue weighted by Crippen LogP contribution is -2.31. The zero-order chi connectivity index (χ0) is 11.2. The summed E-state index contributed by atoms with van der Waals surface area (Å²) < 4.78 is 4.88. The average Bonchev–Trinajstić information content (AvgIpc) is 2.03. The Hall–Kier alpha value is -0.570. The van der Waals surface area contributed by atoms with Gasteiger partial charge in [0.2, 0.25) is 6.29 Å². The second-order valence-corrected chi connectivity index (χ2v) is 4.67. The Morgan fingerprint density at radius 2 is 1.93 bits per heavy atom. The van der Waals surface area contributed by atoms with Crippen LogP contribution in [0.1, 0.15) is 53.4 Å². The molecule has 0 fully saturated rings. The van der Waals surface area contributed by atoms with Crippen LogP contribution in [0.15, 0.2) is 0 Å². The van der Waals surface area contributed by atoms with Gasteiger partial charge in [0.25, 0.3) is 0 Å². The lowest BCUT2D eigenvalue weighted by atomic mass is 9.96. The SMILES string of the molecule is CCCCCC(=O)OC(O)C(C)(C)C. The quantitative estimate of drug-likeness (QED) is 0.423. The van der Waals surface area contributed by atoms with Crippen molar-refractivity contribution in [2.45, 2.75) is 59.7 Å². The lowest BCUT2D eigenvalue weighted by Gasteiger charge is -2.25. The molecule has 1 atom stereocenters. The van der Waals surface area contributed by atoms with Crippen molar-refractivity contribution < 1.29 is 14.6 Å². The fourth-order valence-electron chi connectivity index (χ4n) is 0.880. The van der Waals surface area contributed by atoms with Crippen LogP contribution >= 0.6 is 0 Å². The normalized spacial score (nSPS) is 13.8. The smallest absolute Gasteiger partial charge is 0.308 e. The van der Waals surface area contributed by atoms with Crippen molar-refractivity contribution in [2.24, 2.45) is 5.41 Å². The summed E-state index contributed by atoms with van der Waals surface area (Å²) in [5.41, 5.74) is -0.402. The van der Waals surface area contributed by atoms with Gasteiger partial charge >= 0.3 is 5.97 Å². The van der Waals surface area contributed by atoms with Crippen molar-refractivity contribution in [3.05, 3.63) is 0 Å². The van der Waals surface area contributed by atoms with E-state index in [2.05, 4.69) is 6.92 Å². The predicted molar refractivity (Wildman–Crippen MR) is 55.7 cm³/mol. The molecule has 0 aliphatic heterocycles. The van der Waals surface area contributed by atoms with Gasteiger partial charge in [-0.05, 0) is 6.42 Å². The Labute approximate surface area is 86.5 Å². The second kappa shape index (κ2) is 6.02. The highest BCUT2D eigenvalue weighted by Crippen LogP contribution is 2.20. The van der Waals surface area contributed by atoms with Gasteiger partial charge < -0.3 is 9.84 Å². The van der Waals surface area contributed by atoms with Crippen molar-refractivity contribution in [3.8, 4) is 0 Å². The van der Waals surface area contributed by atoms with Gasteiger partial charge in [-0.2, -0.15) is 0 Å². The summed E-state index contributed by atoms with van der Waals surface area (Å²) >= 11 is 0. The number of aliphatic hydroxyl groups is 1. The number of rotatable bonds is 5. The van der Waals surface area contributed by atoms with E-state index in [9.17, 15) is 9.90 Å². The van der Waals surface area contributed by atoms with E-state index in [4.69, 9.17) is 4.74 Å². The van der Waals surface area contributed by atoms with E-state index in [1.165, 1.54) is 0 Å². The Morgan fingerprint density at radius 1 is 1.36 bits per heavy atom. The Kier molecular flexibility index (Phi) is 5.77. The molecule has 0 spiro atoms. The summed E-state index contributed by atoms with van der Waals surface area (Å²) in [4.78, 5) is 11.2. The molecular weight excluding hydrogens is 180 g/mol. The van der Waals surface area contributed by atoms with Crippen molar-refractivity contribution in [1.29, 1.82) is 0 Å². The molecule has 1 N–H and O–H groups in total. The standard InChI is InChI=1S/C11H22O3/c1-5-6-7-8-9(12)14-10(13)11(2,3)4/h10,13H,5-8H2,1-4H3. The van der Waals surface area contributed by atoms with E-state index in [1.54, 1.807) is 0 Å². The van der Waals surface area contributed by atoms with Crippen LogP contribution in [0.5, 0.6) is 0 Å². The first kappa shape index (κ1) is 13.4. The van der Waals surface area contributed by atoms with Gasteiger partial charge in [0.05, 0.1) is 0 Å². The average molecular weight is 202 g/mol. The summed E-state index contributed by atoms with van der Waals surface area (Å²) in [5.74, 6) is -0.305. The Morgan fingerprint density at radius 3 is 2.36 bits per heavy atom. The summed E-state index contributed by atoms with van der Waals surface area (Å²) in [6.07, 6.45) is 2.35. The highest BCUT2D eigenvalue weighted by Gasteiger charge is 2.25. The minimum absolute atomic E-state index is 0.305. The van der Waals surface area contributed by atoms with Crippen molar-refractivity contribution in [2.75, 3.05) is 0 Å². The number of ether oxygens (including phenoxy) is 1. The monoisotopic (exact) mass is 202 g/mol. The largest absolute Gasteiger partial charge is 0.435 e. The van der Waals surface area contributed by atoms with Crippen molar-refractivity contribution in [3.63, 3.8) is 0 Å². The van der Waals surface area contributed by atoms with E-state index in [1.807, 2.05) is 20.8 Å². The molecule has 0 radical (unpaired) electrons. The Balaban J connectivity index is 3.72. The second-order valence-electron chi connectivity index (χ2n) is 4.67. The number of hydrogen-bond acceptors (Lipinski definition) is 3. The third-order valence-corrected chi connectivity index (χ3v) is 1.97. The highest BCUT2D eigenvalue weighted by atomic mass is 16.6. The number of hydrogen-bond donors (Lipinski definition) is 1. The molecule has 0 rings (SSSR count). The molecule has 3 nitrogen and oxygen atoms in total. The number of carbonyl (C=O) groups excluding carboxylic acids is 1. The zero-order valence-corrected chi connectivity index (χ0v) is 9.67. The fourth-order valence-corrected chi connectivity index (χ4v) is 0.880. The molecule has 0 aromatic rings. The van der Waals surface area contributed by atoms with Gasteiger partial charge in [-0.3, -0.25) is 4.79 Å². The third kappa shape index (κ3) is 5.97. The first-order valence-corrected chi connectivity index (χ1v) is 5.25. The third-order valence-electron chi connectivity index (χ3n) is 1.97. The molecule has 1 unspecified atom stereocenters. The fraction of sp³-hybridized carbons (Fsp3) is 0.909. The van der Waals surface area contributed by atoms with Gasteiger partial charge in [-0.15, -0.1) is 0 Å². The van der Waals surface area contributed by atoms with E-state index < -0.39 is 11.7 Å². The first-order valence-electron chi connectivity index (χ1n) is 5.25. The van der Waals surface area contributed by atoms with Crippen LogP contribution in [0.2, 0.25) is 0 Å². The van der Waals surface area contributed by atoms with Crippen LogP contribution in [0, 0.1) is 5.41 Å². The highest BCUT2D eigenvalue weighted by molar-refractivity contribution is 5.69. The van der Waals surface area contributed by atoms with Gasteiger partial charge in [0.15, 0.2) is 0 Å². The van der Waals surface area contributed by atoms with Gasteiger partial charge in [-0.1, -0.05) is 40.5 Å². The molecule has 0 aromatic heterocycles. The molecule has 84 valence electrons. The van der Waals surface area contributed by atoms with Crippen molar-refractivity contribution in [1.82, 2.24) is 0 Å². The summed E-state index contributed by atoms with van der Waals surface area (Å²) in [7, 11) is 0. The van der Waals surface area contributed by atoms with Crippen LogP contribution in [-0.4, -0.2) is 17.4 Å². The summed E-state index contributed by atoms with van der Waals surface area (Å²) in [6, 6.07) is 0. The van der Waals surface area contributed by atoms with Gasteiger partial charge in [-0.25, -0.2) is 0 Å². The van der Waals surface area contributed by atoms with Crippen LogP contribution in [0.4, 0.5) is 0 Å². The molecule has 0 amide bonds. The molecule has 3 heteroatoms. The summed E-state index contributed by atoms with van der Waals surface area (Å²) in [5, 5.41) is 9.47. The van der Waals surface area contributed by atoms with Crippen molar-refractivity contribution >= 4 is 5.97 Å². The molecule has 14 heavy (non-hydrogen) atoms. The van der Waals surface area contributed by atoms with Crippen LogP contribution in [0.3, 0.4) is 0 Å². The number of carbonyl (C=O) groups is 1. The lowest BCUT2D eigenvalue weighted by molar-refractivity contribution is -0.186. The molecule has 0 bridgehead atoms. The first-order chi connectivity index (χ1) is 6.38. The molecule has 0 heterocycles. The topological polar surface area (TPSA) is 46.5 Å². The van der Waals surface area contributed by atoms with E-state index in [-0.39, 0.29) is 5.97 Å². The molecule has 0 aliphatic rings. The maximum atomic E-state index is 11.2. The van der Waals surface area contributed by atoms with E-state index in [0.717, 1.165) is 19.3 Å². The molecule has 0 aromatic carbocycles. The maximum Gasteiger partial charge on any atom is 0.308 e. The number of aliphatic hydroxyl groups excluding tert-OH is 1. The minimum atomic E-state index is -1.00. The van der Waals surface area contributed by atoms with Crippen LogP contribution in [-0.2, 0) is 9.53 Å². The van der Waals surface area contributed by atoms with Gasteiger partial charge in [0.1, 0.15) is 0 Å². The summed E-state index contributed by atoms with van der Waals surface area (Å²) in [6.45, 7) is 7.57. The van der Waals surface area contributed by atoms with E-state index >= 15 is 0 Å². The number of unbranched alkanes of at least 4 members (excludes halogenated alkanes) is 2. The van der Waals surface area contributed by atoms with E-state index in [0.29, 0.717) is 6.42 Å². The van der Waals surface area contributed by atoms with Crippen LogP contribution in [0.25, 0.3) is 0 Å². The molecule has 0 saturated carbocycles. The van der Waals surface area contributed by atoms with Crippen LogP contribution < -0.4 is 0 Å². The Bertz CT molecular complexity index is 170. The minimum Gasteiger partial charge on any atom is -0.435 e. The molecule has 0 saturated heterocycles. The number of esters is 1. The predicted octanol–water partition coefficient (Wildman–Crippen LogP) is 2.47. The molecular formula is C11H22O3. The zero-order valence-electron chi connectivity index (χ0n) is 9.67. The molecule has 0 aliphatic carbocycles. The maximum absolute atomic E-state index is 11.2.